The molecule has 1 atom stereocenters. The SMILES string of the molecule is CCc1ccc(N2C(=O)CN(S(=O)(=O)CC)CC2(C)C(=O)NCc2ccccc2)cc1. The van der Waals surface area contributed by atoms with E-state index in [4.69, 9.17) is 0 Å². The van der Waals surface area contributed by atoms with Crippen molar-refractivity contribution in [2.24, 2.45) is 0 Å². The van der Waals surface area contributed by atoms with Gasteiger partial charge in [-0.25, -0.2) is 8.42 Å². The number of carbonyl (C=O) groups excluding carboxylic acids is 2. The Kier molecular flexibility index (Phi) is 6.81. The molecule has 0 aliphatic carbocycles. The number of hydrogen-bond acceptors (Lipinski definition) is 4. The first-order valence-corrected chi connectivity index (χ1v) is 12.0. The fourth-order valence-electron chi connectivity index (χ4n) is 3.80. The summed E-state index contributed by atoms with van der Waals surface area (Å²) in [5, 5.41) is 2.89. The molecular weight excluding hydrogens is 414 g/mol. The molecule has 1 saturated heterocycles. The first-order valence-electron chi connectivity index (χ1n) is 10.4. The van der Waals surface area contributed by atoms with Crippen LogP contribution in [0.3, 0.4) is 0 Å². The minimum Gasteiger partial charge on any atom is -0.350 e. The number of aryl methyl sites for hydroxylation is 1. The van der Waals surface area contributed by atoms with Gasteiger partial charge in [-0.1, -0.05) is 49.4 Å². The average Bonchev–Trinajstić information content (AvgIpc) is 2.78. The van der Waals surface area contributed by atoms with Gasteiger partial charge in [-0.15, -0.1) is 0 Å². The third-order valence-electron chi connectivity index (χ3n) is 5.68. The predicted octanol–water partition coefficient (Wildman–Crippen LogP) is 2.32. The largest absolute Gasteiger partial charge is 0.350 e. The number of nitrogens with zero attached hydrogens (tertiary/aromatic N) is 2. The Balaban J connectivity index is 1.96. The normalized spacial score (nSPS) is 20.0. The highest BCUT2D eigenvalue weighted by Gasteiger charge is 2.50. The smallest absolute Gasteiger partial charge is 0.247 e. The minimum atomic E-state index is -3.64. The monoisotopic (exact) mass is 443 g/mol. The van der Waals surface area contributed by atoms with Crippen molar-refractivity contribution in [3.05, 3.63) is 65.7 Å². The predicted molar refractivity (Wildman–Crippen MR) is 121 cm³/mol. The van der Waals surface area contributed by atoms with E-state index >= 15 is 0 Å². The number of carbonyl (C=O) groups is 2. The molecule has 1 heterocycles. The van der Waals surface area contributed by atoms with E-state index in [2.05, 4.69) is 5.32 Å². The Morgan fingerprint density at radius 1 is 1.03 bits per heavy atom. The fraction of sp³-hybridized carbons (Fsp3) is 0.391. The molecule has 0 saturated carbocycles. The van der Waals surface area contributed by atoms with E-state index < -0.39 is 27.4 Å². The van der Waals surface area contributed by atoms with Crippen LogP contribution < -0.4 is 10.2 Å². The first kappa shape index (κ1) is 23.0. The fourth-order valence-corrected chi connectivity index (χ4v) is 4.92. The molecule has 0 aromatic heterocycles. The molecule has 0 bridgehead atoms. The van der Waals surface area contributed by atoms with Crippen LogP contribution >= 0.6 is 0 Å². The molecule has 2 aromatic carbocycles. The van der Waals surface area contributed by atoms with E-state index in [1.165, 1.54) is 11.8 Å². The van der Waals surface area contributed by atoms with Gasteiger partial charge in [-0.2, -0.15) is 4.31 Å². The Bertz CT molecular complexity index is 1040. The average molecular weight is 444 g/mol. The summed E-state index contributed by atoms with van der Waals surface area (Å²) in [4.78, 5) is 28.0. The molecular formula is C23H29N3O4S. The highest BCUT2D eigenvalue weighted by molar-refractivity contribution is 7.89. The van der Waals surface area contributed by atoms with E-state index in [1.54, 1.807) is 6.92 Å². The lowest BCUT2D eigenvalue weighted by molar-refractivity contribution is -0.133. The lowest BCUT2D eigenvalue weighted by Gasteiger charge is -2.46. The molecule has 31 heavy (non-hydrogen) atoms. The van der Waals surface area contributed by atoms with Gasteiger partial charge < -0.3 is 5.32 Å². The number of sulfonamides is 1. The maximum absolute atomic E-state index is 13.4. The van der Waals surface area contributed by atoms with Gasteiger partial charge in [0.1, 0.15) is 5.54 Å². The van der Waals surface area contributed by atoms with Crippen LogP contribution in [-0.4, -0.2) is 48.9 Å². The Morgan fingerprint density at radius 3 is 2.26 bits per heavy atom. The Hall–Kier alpha value is -2.71. The third kappa shape index (κ3) is 4.80. The molecule has 2 aromatic rings. The van der Waals surface area contributed by atoms with Crippen molar-refractivity contribution in [1.82, 2.24) is 9.62 Å². The number of rotatable bonds is 7. The van der Waals surface area contributed by atoms with Gasteiger partial charge in [-0.05, 0) is 43.5 Å². The molecule has 7 nitrogen and oxygen atoms in total. The van der Waals surface area contributed by atoms with Crippen LogP contribution in [0.25, 0.3) is 0 Å². The van der Waals surface area contributed by atoms with E-state index in [0.29, 0.717) is 5.69 Å². The second kappa shape index (κ2) is 9.20. The van der Waals surface area contributed by atoms with Crippen LogP contribution in [0, 0.1) is 0 Å². The number of amides is 2. The summed E-state index contributed by atoms with van der Waals surface area (Å²) >= 11 is 0. The van der Waals surface area contributed by atoms with Crippen molar-refractivity contribution < 1.29 is 18.0 Å². The molecule has 1 unspecified atom stereocenters. The van der Waals surface area contributed by atoms with E-state index in [9.17, 15) is 18.0 Å². The lowest BCUT2D eigenvalue weighted by Crippen LogP contribution is -2.70. The quantitative estimate of drug-likeness (QED) is 0.712. The summed E-state index contributed by atoms with van der Waals surface area (Å²) in [7, 11) is -3.64. The van der Waals surface area contributed by atoms with Gasteiger partial charge in [0.2, 0.25) is 21.8 Å². The zero-order chi connectivity index (χ0) is 22.6. The van der Waals surface area contributed by atoms with Crippen LogP contribution in [0.5, 0.6) is 0 Å². The molecule has 0 radical (unpaired) electrons. The van der Waals surface area contributed by atoms with E-state index in [1.807, 2.05) is 61.5 Å². The summed E-state index contributed by atoms with van der Waals surface area (Å²) in [6.45, 7) is 5.08. The van der Waals surface area contributed by atoms with Crippen LogP contribution in [-0.2, 0) is 32.6 Å². The summed E-state index contributed by atoms with van der Waals surface area (Å²) in [6.07, 6.45) is 0.853. The molecule has 2 amide bonds. The number of benzene rings is 2. The zero-order valence-corrected chi connectivity index (χ0v) is 19.0. The number of anilines is 1. The maximum Gasteiger partial charge on any atom is 0.247 e. The highest BCUT2D eigenvalue weighted by atomic mass is 32.2. The van der Waals surface area contributed by atoms with Crippen LogP contribution in [0.2, 0.25) is 0 Å². The minimum absolute atomic E-state index is 0.106. The second-order valence-electron chi connectivity index (χ2n) is 7.86. The van der Waals surface area contributed by atoms with Crippen molar-refractivity contribution in [2.75, 3.05) is 23.7 Å². The Labute approximate surface area is 184 Å². The zero-order valence-electron chi connectivity index (χ0n) is 18.2. The molecule has 3 rings (SSSR count). The standard InChI is InChI=1S/C23H29N3O4S/c1-4-18-11-13-20(14-12-18)26-21(27)16-25(31(29,30)5-2)17-23(26,3)22(28)24-15-19-9-7-6-8-10-19/h6-14H,4-5,15-17H2,1-3H3,(H,24,28). The highest BCUT2D eigenvalue weighted by Crippen LogP contribution is 2.31. The van der Waals surface area contributed by atoms with Crippen LogP contribution in [0.15, 0.2) is 54.6 Å². The molecule has 1 fully saturated rings. The van der Waals surface area contributed by atoms with Gasteiger partial charge in [0.15, 0.2) is 0 Å². The number of nitrogens with one attached hydrogen (secondary N) is 1. The van der Waals surface area contributed by atoms with Gasteiger partial charge in [-0.3, -0.25) is 14.5 Å². The number of hydrogen-bond donors (Lipinski definition) is 1. The van der Waals surface area contributed by atoms with Gasteiger partial charge >= 0.3 is 0 Å². The maximum atomic E-state index is 13.4. The van der Waals surface area contributed by atoms with Gasteiger partial charge in [0.05, 0.1) is 12.3 Å². The van der Waals surface area contributed by atoms with Crippen molar-refractivity contribution in [2.45, 2.75) is 39.3 Å². The summed E-state index contributed by atoms with van der Waals surface area (Å²) in [5.41, 5.74) is 1.21. The van der Waals surface area contributed by atoms with Crippen molar-refractivity contribution in [1.29, 1.82) is 0 Å². The van der Waals surface area contributed by atoms with Crippen LogP contribution in [0.1, 0.15) is 31.9 Å². The third-order valence-corrected chi connectivity index (χ3v) is 7.46. The van der Waals surface area contributed by atoms with Crippen molar-refractivity contribution >= 4 is 27.5 Å². The van der Waals surface area contributed by atoms with Gasteiger partial charge in [0.25, 0.3) is 0 Å². The van der Waals surface area contributed by atoms with Crippen molar-refractivity contribution in [3.63, 3.8) is 0 Å². The molecule has 8 heteroatoms. The lowest BCUT2D eigenvalue weighted by atomic mass is 9.94. The Morgan fingerprint density at radius 2 is 1.68 bits per heavy atom. The molecule has 1 aliphatic heterocycles. The molecule has 0 spiro atoms. The van der Waals surface area contributed by atoms with Crippen molar-refractivity contribution in [3.8, 4) is 0 Å². The molecule has 1 N–H and O–H groups in total. The van der Waals surface area contributed by atoms with E-state index in [-0.39, 0.29) is 25.4 Å². The van der Waals surface area contributed by atoms with E-state index in [0.717, 1.165) is 21.9 Å². The summed E-state index contributed by atoms with van der Waals surface area (Å²) in [5.74, 6) is -0.960. The van der Waals surface area contributed by atoms with Gasteiger partial charge in [0, 0.05) is 18.8 Å². The summed E-state index contributed by atoms with van der Waals surface area (Å²) < 4.78 is 26.2. The number of piperazine rings is 1. The second-order valence-corrected chi connectivity index (χ2v) is 10.1. The van der Waals surface area contributed by atoms with Crippen LogP contribution in [0.4, 0.5) is 5.69 Å². The first-order chi connectivity index (χ1) is 14.7. The molecule has 1 aliphatic rings. The summed E-state index contributed by atoms with van der Waals surface area (Å²) in [6, 6.07) is 16.9. The topological polar surface area (TPSA) is 86.8 Å². The molecule has 166 valence electrons.